The molecule has 5 rings (SSSR count). The van der Waals surface area contributed by atoms with Gasteiger partial charge in [-0.25, -0.2) is 0 Å². The Morgan fingerprint density at radius 3 is 2.70 bits per heavy atom. The van der Waals surface area contributed by atoms with Crippen LogP contribution in [-0.2, 0) is 0 Å². The highest BCUT2D eigenvalue weighted by molar-refractivity contribution is 6.32. The maximum Gasteiger partial charge on any atom is 0.170 e. The Bertz CT molecular complexity index is 968. The zero-order valence-corrected chi connectivity index (χ0v) is 16.3. The van der Waals surface area contributed by atoms with Crippen LogP contribution in [0.5, 0.6) is 11.5 Å². The van der Waals surface area contributed by atoms with Crippen LogP contribution in [0.15, 0.2) is 59.4 Å². The summed E-state index contributed by atoms with van der Waals surface area (Å²) in [6.07, 6.45) is 5.45. The van der Waals surface area contributed by atoms with E-state index in [1.54, 1.807) is 0 Å². The van der Waals surface area contributed by atoms with E-state index in [-0.39, 0.29) is 0 Å². The predicted molar refractivity (Wildman–Crippen MR) is 110 cm³/mol. The van der Waals surface area contributed by atoms with Crippen molar-refractivity contribution in [3.63, 3.8) is 0 Å². The van der Waals surface area contributed by atoms with Gasteiger partial charge >= 0.3 is 0 Å². The van der Waals surface area contributed by atoms with Crippen LogP contribution in [0.2, 0.25) is 5.02 Å². The lowest BCUT2D eigenvalue weighted by Crippen LogP contribution is -2.39. The van der Waals surface area contributed by atoms with Crippen molar-refractivity contribution in [3.8, 4) is 11.5 Å². The summed E-state index contributed by atoms with van der Waals surface area (Å²) in [5.41, 5.74) is 2.00. The van der Waals surface area contributed by atoms with Crippen LogP contribution in [0.4, 0.5) is 11.4 Å². The topological polar surface area (TPSA) is 28.1 Å². The van der Waals surface area contributed by atoms with Crippen molar-refractivity contribution in [2.24, 2.45) is 4.99 Å². The fourth-order valence-corrected chi connectivity index (χ4v) is 4.39. The average molecular weight is 380 g/mol. The van der Waals surface area contributed by atoms with Crippen LogP contribution in [0.1, 0.15) is 33.1 Å². The number of rotatable bonds is 1. The van der Waals surface area contributed by atoms with Crippen LogP contribution < -0.4 is 9.64 Å². The van der Waals surface area contributed by atoms with Crippen molar-refractivity contribution in [1.29, 1.82) is 0 Å². The fourth-order valence-electron chi connectivity index (χ4n) is 4.18. The minimum atomic E-state index is 0.390. The van der Waals surface area contributed by atoms with Crippen LogP contribution >= 0.6 is 11.6 Å². The molecule has 2 unspecified atom stereocenters. The molecule has 138 valence electrons. The summed E-state index contributed by atoms with van der Waals surface area (Å²) in [6.45, 7) is 4.45. The van der Waals surface area contributed by atoms with Crippen molar-refractivity contribution in [1.82, 2.24) is 4.90 Å². The second-order valence-electron chi connectivity index (χ2n) is 7.44. The molecule has 3 aliphatic rings. The van der Waals surface area contributed by atoms with Crippen LogP contribution in [0, 0.1) is 0 Å². The van der Waals surface area contributed by atoms with Gasteiger partial charge in [0.1, 0.15) is 11.7 Å². The van der Waals surface area contributed by atoms with E-state index < -0.39 is 0 Å². The Balaban J connectivity index is 1.66. The van der Waals surface area contributed by atoms with Gasteiger partial charge in [0.05, 0.1) is 16.4 Å². The van der Waals surface area contributed by atoms with Gasteiger partial charge in [-0.15, -0.1) is 0 Å². The third kappa shape index (κ3) is 2.62. The van der Waals surface area contributed by atoms with Gasteiger partial charge in [0.25, 0.3) is 0 Å². The van der Waals surface area contributed by atoms with Gasteiger partial charge in [-0.3, -0.25) is 9.89 Å². The molecule has 3 aliphatic heterocycles. The standard InChI is InChI=1S/C22H22ClN3O/c1-14-10-12-20(24-14)25-15(2)11-13-21(25)26-17-7-3-4-9-19(17)27-22-16(23)6-5-8-18(22)26/h3-9,13-15H,10-12H2,1-2H3. The molecular formula is C22H22ClN3O. The maximum atomic E-state index is 6.48. The molecule has 0 fully saturated rings. The number of aliphatic imine (C=N–C) groups is 1. The van der Waals surface area contributed by atoms with Crippen LogP contribution in [0.25, 0.3) is 0 Å². The molecule has 0 N–H and O–H groups in total. The number of fused-ring (bicyclic) bond motifs is 2. The number of ether oxygens (including phenoxy) is 1. The van der Waals surface area contributed by atoms with E-state index in [4.69, 9.17) is 21.3 Å². The molecule has 4 nitrogen and oxygen atoms in total. The number of para-hydroxylation sites is 3. The number of anilines is 2. The lowest BCUT2D eigenvalue weighted by Gasteiger charge is -2.39. The zero-order chi connectivity index (χ0) is 18.5. The Labute approximate surface area is 164 Å². The number of hydrogen-bond donors (Lipinski definition) is 0. The molecule has 0 saturated heterocycles. The Kier molecular flexibility index (Phi) is 3.90. The summed E-state index contributed by atoms with van der Waals surface area (Å²) in [6, 6.07) is 14.8. The van der Waals surface area contributed by atoms with Crippen molar-refractivity contribution in [2.45, 2.75) is 45.2 Å². The van der Waals surface area contributed by atoms with Gasteiger partial charge < -0.3 is 9.64 Å². The molecule has 0 amide bonds. The summed E-state index contributed by atoms with van der Waals surface area (Å²) < 4.78 is 6.15. The van der Waals surface area contributed by atoms with E-state index in [2.05, 4.69) is 41.9 Å². The summed E-state index contributed by atoms with van der Waals surface area (Å²) in [5.74, 6) is 3.86. The lowest BCUT2D eigenvalue weighted by molar-refractivity contribution is 0.419. The predicted octanol–water partition coefficient (Wildman–Crippen LogP) is 6.10. The van der Waals surface area contributed by atoms with Gasteiger partial charge in [0.2, 0.25) is 0 Å². The Hall–Kier alpha value is -2.46. The summed E-state index contributed by atoms with van der Waals surface area (Å²) in [7, 11) is 0. The quantitative estimate of drug-likeness (QED) is 0.599. The van der Waals surface area contributed by atoms with Gasteiger partial charge in [0, 0.05) is 18.5 Å². The highest BCUT2D eigenvalue weighted by Crippen LogP contribution is 2.52. The van der Waals surface area contributed by atoms with Crippen molar-refractivity contribution in [2.75, 3.05) is 4.90 Å². The first-order valence-electron chi connectivity index (χ1n) is 9.55. The fraction of sp³-hybridized carbons (Fsp3) is 0.318. The first-order chi connectivity index (χ1) is 13.1. The van der Waals surface area contributed by atoms with Crippen molar-refractivity contribution >= 4 is 28.8 Å². The molecule has 0 bridgehead atoms. The van der Waals surface area contributed by atoms with Crippen molar-refractivity contribution < 1.29 is 4.74 Å². The molecule has 0 spiro atoms. The first kappa shape index (κ1) is 16.7. The molecule has 0 saturated carbocycles. The maximum absolute atomic E-state index is 6.48. The Morgan fingerprint density at radius 1 is 1.07 bits per heavy atom. The number of amidine groups is 1. The van der Waals surface area contributed by atoms with E-state index in [0.29, 0.717) is 22.9 Å². The Morgan fingerprint density at radius 2 is 1.89 bits per heavy atom. The van der Waals surface area contributed by atoms with Gasteiger partial charge in [-0.1, -0.05) is 29.8 Å². The summed E-state index contributed by atoms with van der Waals surface area (Å²) in [5, 5.41) is 0.622. The second kappa shape index (κ2) is 6.31. The molecule has 0 aromatic heterocycles. The van der Waals surface area contributed by atoms with E-state index in [1.165, 1.54) is 5.84 Å². The molecule has 27 heavy (non-hydrogen) atoms. The number of benzene rings is 2. The zero-order valence-electron chi connectivity index (χ0n) is 15.5. The second-order valence-corrected chi connectivity index (χ2v) is 7.85. The van der Waals surface area contributed by atoms with E-state index in [9.17, 15) is 0 Å². The smallest absolute Gasteiger partial charge is 0.170 e. The van der Waals surface area contributed by atoms with E-state index in [0.717, 1.165) is 42.2 Å². The summed E-state index contributed by atoms with van der Waals surface area (Å²) in [4.78, 5) is 9.59. The van der Waals surface area contributed by atoms with E-state index >= 15 is 0 Å². The van der Waals surface area contributed by atoms with Gasteiger partial charge in [-0.05, 0) is 57.0 Å². The normalized spacial score (nSPS) is 23.5. The third-order valence-electron chi connectivity index (χ3n) is 5.50. The SMILES string of the molecule is CC1CCC(N2C(N3c4ccccc4Oc4c(Cl)cccc43)=CCC2C)=N1. The van der Waals surface area contributed by atoms with Crippen LogP contribution in [-0.4, -0.2) is 22.8 Å². The molecule has 0 radical (unpaired) electrons. The van der Waals surface area contributed by atoms with Gasteiger partial charge in [0.15, 0.2) is 11.5 Å². The monoisotopic (exact) mass is 379 g/mol. The minimum absolute atomic E-state index is 0.390. The highest BCUT2D eigenvalue weighted by Gasteiger charge is 2.37. The minimum Gasteiger partial charge on any atom is -0.451 e. The largest absolute Gasteiger partial charge is 0.451 e. The van der Waals surface area contributed by atoms with E-state index in [1.807, 2.05) is 30.3 Å². The molecule has 3 heterocycles. The van der Waals surface area contributed by atoms with Crippen LogP contribution in [0.3, 0.4) is 0 Å². The van der Waals surface area contributed by atoms with Gasteiger partial charge in [-0.2, -0.15) is 0 Å². The lowest BCUT2D eigenvalue weighted by atomic mass is 10.1. The number of halogens is 1. The molecule has 5 heteroatoms. The highest BCUT2D eigenvalue weighted by atomic mass is 35.5. The molecule has 2 aromatic carbocycles. The van der Waals surface area contributed by atoms with Crippen molar-refractivity contribution in [3.05, 3.63) is 59.4 Å². The number of hydrogen-bond acceptors (Lipinski definition) is 4. The average Bonchev–Trinajstić information content (AvgIpc) is 3.25. The molecular weight excluding hydrogens is 358 g/mol. The third-order valence-corrected chi connectivity index (χ3v) is 5.79. The molecule has 2 aromatic rings. The first-order valence-corrected chi connectivity index (χ1v) is 9.93. The molecule has 2 atom stereocenters. The molecule has 0 aliphatic carbocycles. The summed E-state index contributed by atoms with van der Waals surface area (Å²) >= 11 is 6.48. The number of nitrogens with zero attached hydrogens (tertiary/aromatic N) is 3.